The third-order valence-corrected chi connectivity index (χ3v) is 5.46. The van der Waals surface area contributed by atoms with Crippen LogP contribution in [0.2, 0.25) is 0 Å². The van der Waals surface area contributed by atoms with Crippen molar-refractivity contribution >= 4 is 22.0 Å². The number of para-hydroxylation sites is 1. The van der Waals surface area contributed by atoms with Crippen molar-refractivity contribution in [1.82, 2.24) is 0 Å². The molecule has 0 spiro atoms. The third-order valence-electron chi connectivity index (χ3n) is 4.56. The van der Waals surface area contributed by atoms with Crippen LogP contribution < -0.4 is 4.74 Å². The summed E-state index contributed by atoms with van der Waals surface area (Å²) in [4.78, 5) is 14.7. The average molecular weight is 476 g/mol. The number of hydrogen-bond acceptors (Lipinski definition) is 6. The molecule has 0 radical (unpaired) electrons. The second-order valence-electron chi connectivity index (χ2n) is 6.72. The Balaban J connectivity index is 1.82. The number of azide groups is 1. The van der Waals surface area contributed by atoms with Crippen molar-refractivity contribution in [3.05, 3.63) is 76.7 Å². The van der Waals surface area contributed by atoms with Crippen molar-refractivity contribution in [2.75, 3.05) is 6.61 Å². The number of esters is 1. The van der Waals surface area contributed by atoms with Gasteiger partial charge in [0.2, 0.25) is 0 Å². The molecule has 0 bridgehead atoms. The van der Waals surface area contributed by atoms with Crippen molar-refractivity contribution in [2.45, 2.75) is 42.9 Å². The predicted molar refractivity (Wildman–Crippen MR) is 111 cm³/mol. The Bertz CT molecular complexity index is 863. The number of rotatable bonds is 8. The monoisotopic (exact) mass is 477 g/mol. The average Bonchev–Trinajstić information content (AvgIpc) is 2.75. The van der Waals surface area contributed by atoms with Gasteiger partial charge in [-0.2, -0.15) is 0 Å². The van der Waals surface area contributed by atoms with Gasteiger partial charge in [-0.05, 0) is 0 Å². The maximum absolute atomic E-state index is 11.8. The van der Waals surface area contributed by atoms with Crippen LogP contribution in [0.15, 0.2) is 65.8 Å². The Kier molecular flexibility index (Phi) is 8.13. The van der Waals surface area contributed by atoms with E-state index in [0.717, 1.165) is 5.56 Å². The Morgan fingerprint density at radius 1 is 1.13 bits per heavy atom. The number of benzene rings is 2. The number of hydrogen-bond donors (Lipinski definition) is 0. The van der Waals surface area contributed by atoms with Crippen LogP contribution in [0.5, 0.6) is 5.75 Å². The molecule has 0 aromatic heterocycles. The van der Waals surface area contributed by atoms with Crippen molar-refractivity contribution < 1.29 is 23.7 Å². The van der Waals surface area contributed by atoms with Crippen molar-refractivity contribution in [3.8, 4) is 5.75 Å². The third kappa shape index (κ3) is 5.98. The van der Waals surface area contributed by atoms with Crippen LogP contribution in [-0.4, -0.2) is 57.9 Å². The molecule has 158 valence electrons. The minimum absolute atomic E-state index is 0.179. The van der Waals surface area contributed by atoms with Gasteiger partial charge >= 0.3 is 183 Å². The Morgan fingerprint density at radius 3 is 2.43 bits per heavy atom. The van der Waals surface area contributed by atoms with Gasteiger partial charge in [0.1, 0.15) is 0 Å². The predicted octanol–water partition coefficient (Wildman–Crippen LogP) is 2.89. The molecular weight excluding hydrogens is 453 g/mol. The van der Waals surface area contributed by atoms with Crippen molar-refractivity contribution in [3.63, 3.8) is 0 Å². The van der Waals surface area contributed by atoms with E-state index >= 15 is 0 Å². The Labute approximate surface area is 182 Å². The molecule has 8 nitrogen and oxygen atoms in total. The van der Waals surface area contributed by atoms with Gasteiger partial charge in [0.15, 0.2) is 0 Å². The number of nitrogens with zero attached hydrogens (tertiary/aromatic N) is 3. The van der Waals surface area contributed by atoms with E-state index in [2.05, 4.69) is 26.0 Å². The summed E-state index contributed by atoms with van der Waals surface area (Å²) >= 11 is 2.31. The fourth-order valence-electron chi connectivity index (χ4n) is 3.21. The fourth-order valence-corrected chi connectivity index (χ4v) is 4.02. The standard InChI is InChI=1S/C21H23N3O5Se/c1-14(25)28-20-18(23-24-22)21(30)29-17(13-26-16-10-6-3-7-11-16)19(20)27-12-15-8-4-2-5-9-15/h2-11,17-21,30H,12-13H2,1H3/t17-,18-,19-,20-,21-/m1/s1. The van der Waals surface area contributed by atoms with E-state index in [1.54, 1.807) is 0 Å². The van der Waals surface area contributed by atoms with Gasteiger partial charge in [-0.1, -0.05) is 0 Å². The van der Waals surface area contributed by atoms with Crippen LogP contribution in [0.4, 0.5) is 0 Å². The zero-order valence-corrected chi connectivity index (χ0v) is 18.3. The van der Waals surface area contributed by atoms with E-state index in [-0.39, 0.29) is 13.2 Å². The first kappa shape index (κ1) is 22.2. The van der Waals surface area contributed by atoms with Crippen LogP contribution in [0.3, 0.4) is 0 Å². The summed E-state index contributed by atoms with van der Waals surface area (Å²) in [6.45, 7) is 1.77. The summed E-state index contributed by atoms with van der Waals surface area (Å²) in [6, 6.07) is 18.2. The summed E-state index contributed by atoms with van der Waals surface area (Å²) in [5, 5.41) is 3.26. The molecule has 30 heavy (non-hydrogen) atoms. The second-order valence-corrected chi connectivity index (χ2v) is 7.79. The number of ether oxygens (including phenoxy) is 4. The normalized spacial score (nSPS) is 25.7. The van der Waals surface area contributed by atoms with E-state index < -0.39 is 35.3 Å². The van der Waals surface area contributed by atoms with Gasteiger partial charge in [0, 0.05) is 0 Å². The number of carbonyl (C=O) groups is 1. The Morgan fingerprint density at radius 2 is 1.80 bits per heavy atom. The molecule has 0 unspecified atom stereocenters. The molecule has 1 fully saturated rings. The van der Waals surface area contributed by atoms with E-state index in [1.165, 1.54) is 6.92 Å². The van der Waals surface area contributed by atoms with Gasteiger partial charge in [-0.15, -0.1) is 0 Å². The molecule has 9 heteroatoms. The van der Waals surface area contributed by atoms with E-state index in [4.69, 9.17) is 24.5 Å². The molecule has 2 aromatic rings. The SMILES string of the molecule is CC(=O)O[C@@H]1[C@@H](N=[N+]=[N-])[C@@H]([SeH])O[C@H](COc2ccccc2)[C@H]1OCc1ccccc1. The van der Waals surface area contributed by atoms with Gasteiger partial charge < -0.3 is 0 Å². The molecule has 2 aromatic carbocycles. The second kappa shape index (κ2) is 11.0. The van der Waals surface area contributed by atoms with Gasteiger partial charge in [-0.25, -0.2) is 0 Å². The maximum atomic E-state index is 11.8. The Hall–Kier alpha value is -2.54. The molecule has 0 N–H and O–H groups in total. The van der Waals surface area contributed by atoms with Crippen LogP contribution >= 0.6 is 0 Å². The molecule has 0 amide bonds. The first-order valence-corrected chi connectivity index (χ1v) is 10.5. The van der Waals surface area contributed by atoms with Crippen LogP contribution in [0.25, 0.3) is 10.4 Å². The van der Waals surface area contributed by atoms with E-state index in [1.807, 2.05) is 60.7 Å². The zero-order chi connectivity index (χ0) is 21.3. The molecule has 1 aliphatic rings. The van der Waals surface area contributed by atoms with Crippen molar-refractivity contribution in [1.29, 1.82) is 0 Å². The molecule has 1 saturated heterocycles. The fraction of sp³-hybridized carbons (Fsp3) is 0.381. The summed E-state index contributed by atoms with van der Waals surface area (Å²) in [5.41, 5.74) is 9.95. The summed E-state index contributed by atoms with van der Waals surface area (Å²) in [5.74, 6) is 0.196. The molecule has 1 aliphatic heterocycles. The van der Waals surface area contributed by atoms with Crippen LogP contribution in [0, 0.1) is 0 Å². The molecule has 1 heterocycles. The zero-order valence-electron chi connectivity index (χ0n) is 16.4. The molecule has 0 aliphatic carbocycles. The molecular formula is C21H23N3O5Se. The van der Waals surface area contributed by atoms with E-state index in [9.17, 15) is 4.79 Å². The first-order valence-electron chi connectivity index (χ1n) is 9.47. The number of carbonyl (C=O) groups excluding carboxylic acids is 1. The summed E-state index contributed by atoms with van der Waals surface area (Å²) in [7, 11) is 0. The van der Waals surface area contributed by atoms with Crippen molar-refractivity contribution in [2.24, 2.45) is 5.11 Å². The molecule has 0 saturated carbocycles. The van der Waals surface area contributed by atoms with Gasteiger partial charge in [0.05, 0.1) is 0 Å². The van der Waals surface area contributed by atoms with Crippen LogP contribution in [0.1, 0.15) is 12.5 Å². The molecule has 3 rings (SSSR count). The quantitative estimate of drug-likeness (QED) is 0.192. The van der Waals surface area contributed by atoms with Crippen LogP contribution in [-0.2, 0) is 25.6 Å². The summed E-state index contributed by atoms with van der Waals surface area (Å²) < 4.78 is 23.6. The van der Waals surface area contributed by atoms with Gasteiger partial charge in [0.25, 0.3) is 0 Å². The minimum atomic E-state index is -0.812. The molecule has 5 atom stereocenters. The topological polar surface area (TPSA) is 103 Å². The van der Waals surface area contributed by atoms with Gasteiger partial charge in [-0.3, -0.25) is 0 Å². The summed E-state index contributed by atoms with van der Waals surface area (Å²) in [6.07, 6.45) is -2.04. The first-order chi connectivity index (χ1) is 14.6. The van der Waals surface area contributed by atoms with E-state index in [0.29, 0.717) is 5.75 Å².